The van der Waals surface area contributed by atoms with Crippen LogP contribution in [-0.4, -0.2) is 64.8 Å². The summed E-state index contributed by atoms with van der Waals surface area (Å²) in [4.78, 5) is 13.8. The van der Waals surface area contributed by atoms with Gasteiger partial charge in [0.05, 0.1) is 23.8 Å². The maximum absolute atomic E-state index is 12.4. The van der Waals surface area contributed by atoms with Gasteiger partial charge in [-0.2, -0.15) is 5.10 Å². The summed E-state index contributed by atoms with van der Waals surface area (Å²) < 4.78 is 24.5. The maximum atomic E-state index is 12.4. The minimum absolute atomic E-state index is 0.0601. The van der Waals surface area contributed by atoms with Gasteiger partial charge in [0.15, 0.2) is 15.5 Å². The molecular formula is C11H18N4O4S. The van der Waals surface area contributed by atoms with Crippen molar-refractivity contribution in [1.82, 2.24) is 14.7 Å². The van der Waals surface area contributed by atoms with Crippen LogP contribution in [-0.2, 0) is 16.9 Å². The van der Waals surface area contributed by atoms with Crippen LogP contribution in [0.4, 0.5) is 5.69 Å². The van der Waals surface area contributed by atoms with E-state index in [-0.39, 0.29) is 36.0 Å². The second-order valence-corrected chi connectivity index (χ2v) is 7.11. The zero-order valence-corrected chi connectivity index (χ0v) is 12.0. The van der Waals surface area contributed by atoms with Gasteiger partial charge in [0, 0.05) is 25.8 Å². The molecule has 0 aromatic carbocycles. The van der Waals surface area contributed by atoms with Gasteiger partial charge >= 0.3 is 0 Å². The number of carbonyl (C=O) groups excluding carboxylic acids is 1. The van der Waals surface area contributed by atoms with Crippen LogP contribution in [0.3, 0.4) is 0 Å². The third-order valence-electron chi connectivity index (χ3n) is 3.31. The highest BCUT2D eigenvalue weighted by Crippen LogP contribution is 2.21. The first-order valence-electron chi connectivity index (χ1n) is 6.25. The van der Waals surface area contributed by atoms with Crippen LogP contribution in [0.25, 0.3) is 0 Å². The Morgan fingerprint density at radius 1 is 1.65 bits per heavy atom. The fourth-order valence-corrected chi connectivity index (χ4v) is 4.12. The lowest BCUT2D eigenvalue weighted by Crippen LogP contribution is -2.43. The van der Waals surface area contributed by atoms with E-state index in [9.17, 15) is 13.2 Å². The van der Waals surface area contributed by atoms with Crippen molar-refractivity contribution in [2.75, 3.05) is 30.4 Å². The van der Waals surface area contributed by atoms with Crippen molar-refractivity contribution in [3.63, 3.8) is 0 Å². The Labute approximate surface area is 117 Å². The van der Waals surface area contributed by atoms with Crippen molar-refractivity contribution in [3.05, 3.63) is 11.9 Å². The second kappa shape index (κ2) is 5.41. The summed E-state index contributed by atoms with van der Waals surface area (Å²) in [6.07, 6.45) is 1.89. The fourth-order valence-electron chi connectivity index (χ4n) is 2.39. The summed E-state index contributed by atoms with van der Waals surface area (Å²) in [7, 11) is -1.47. The Kier molecular flexibility index (Phi) is 4.00. The smallest absolute Gasteiger partial charge is 0.276 e. The minimum atomic E-state index is -3.11. The molecule has 0 aliphatic carbocycles. The van der Waals surface area contributed by atoms with Crippen molar-refractivity contribution in [1.29, 1.82) is 0 Å². The lowest BCUT2D eigenvalue weighted by atomic mass is 10.2. The molecular weight excluding hydrogens is 284 g/mol. The number of aliphatic hydroxyl groups excluding tert-OH is 1. The number of aromatic nitrogens is 2. The number of anilines is 1. The van der Waals surface area contributed by atoms with E-state index in [2.05, 4.69) is 5.10 Å². The summed E-state index contributed by atoms with van der Waals surface area (Å²) in [6, 6.07) is -0.430. The fraction of sp³-hybridized carbons (Fsp3) is 0.636. The Morgan fingerprint density at radius 2 is 2.35 bits per heavy atom. The van der Waals surface area contributed by atoms with E-state index in [1.54, 1.807) is 7.05 Å². The number of nitrogen functional groups attached to an aromatic ring is 1. The SMILES string of the molecule is Cn1cc(N)c(C(=O)N(CCO)C2CCS(=O)(=O)C2)n1. The lowest BCUT2D eigenvalue weighted by Gasteiger charge is -2.26. The van der Waals surface area contributed by atoms with Gasteiger partial charge in [-0.25, -0.2) is 8.42 Å². The number of carbonyl (C=O) groups is 1. The zero-order chi connectivity index (χ0) is 14.9. The molecule has 1 aromatic heterocycles. The first kappa shape index (κ1) is 14.8. The molecule has 2 heterocycles. The third kappa shape index (κ3) is 2.93. The molecule has 2 rings (SSSR count). The van der Waals surface area contributed by atoms with Crippen molar-refractivity contribution in [2.24, 2.45) is 7.05 Å². The number of amides is 1. The van der Waals surface area contributed by atoms with Gasteiger partial charge in [-0.05, 0) is 6.42 Å². The average molecular weight is 302 g/mol. The molecule has 1 saturated heterocycles. The number of aliphatic hydroxyl groups is 1. The largest absolute Gasteiger partial charge is 0.396 e. The van der Waals surface area contributed by atoms with Crippen LogP contribution < -0.4 is 5.73 Å². The average Bonchev–Trinajstić information content (AvgIpc) is 2.88. The van der Waals surface area contributed by atoms with Gasteiger partial charge in [0.1, 0.15) is 0 Å². The predicted molar refractivity (Wildman–Crippen MR) is 72.8 cm³/mol. The van der Waals surface area contributed by atoms with Gasteiger partial charge in [0.2, 0.25) is 0 Å². The highest BCUT2D eigenvalue weighted by atomic mass is 32.2. The Bertz CT molecular complexity index is 610. The van der Waals surface area contributed by atoms with E-state index in [4.69, 9.17) is 10.8 Å². The Balaban J connectivity index is 2.25. The molecule has 1 aliphatic heterocycles. The summed E-state index contributed by atoms with van der Waals surface area (Å²) in [5.74, 6) is -0.463. The molecule has 0 radical (unpaired) electrons. The first-order valence-corrected chi connectivity index (χ1v) is 8.07. The van der Waals surface area contributed by atoms with Gasteiger partial charge < -0.3 is 15.7 Å². The topological polar surface area (TPSA) is 119 Å². The molecule has 1 aromatic rings. The normalized spacial score (nSPS) is 21.0. The van der Waals surface area contributed by atoms with Gasteiger partial charge in [-0.3, -0.25) is 9.48 Å². The molecule has 1 amide bonds. The number of rotatable bonds is 4. The van der Waals surface area contributed by atoms with E-state index in [1.165, 1.54) is 15.8 Å². The van der Waals surface area contributed by atoms with Crippen molar-refractivity contribution in [2.45, 2.75) is 12.5 Å². The summed E-state index contributed by atoms with van der Waals surface area (Å²) in [6.45, 7) is -0.177. The Hall–Kier alpha value is -1.61. The van der Waals surface area contributed by atoms with Crippen LogP contribution in [0, 0.1) is 0 Å². The predicted octanol–water partition coefficient (Wildman–Crippen LogP) is -1.38. The molecule has 1 unspecified atom stereocenters. The Morgan fingerprint density at radius 3 is 2.80 bits per heavy atom. The van der Waals surface area contributed by atoms with Gasteiger partial charge in [0.25, 0.3) is 5.91 Å². The number of nitrogens with two attached hydrogens (primary N) is 1. The number of aryl methyl sites for hydroxylation is 1. The standard InChI is InChI=1S/C11H18N4O4S/c1-14-6-9(12)10(13-14)11(17)15(3-4-16)8-2-5-20(18,19)7-8/h6,8,16H,2-5,7,12H2,1H3. The molecule has 0 bridgehead atoms. The number of nitrogens with zero attached hydrogens (tertiary/aromatic N) is 3. The molecule has 8 nitrogen and oxygen atoms in total. The van der Waals surface area contributed by atoms with E-state index in [1.807, 2.05) is 0 Å². The number of sulfone groups is 1. The molecule has 0 saturated carbocycles. The molecule has 1 fully saturated rings. The van der Waals surface area contributed by atoms with Crippen LogP contribution in [0.1, 0.15) is 16.9 Å². The van der Waals surface area contributed by atoms with E-state index in [0.29, 0.717) is 6.42 Å². The van der Waals surface area contributed by atoms with E-state index in [0.717, 1.165) is 0 Å². The summed E-state index contributed by atoms with van der Waals surface area (Å²) in [5, 5.41) is 13.1. The minimum Gasteiger partial charge on any atom is -0.396 e. The highest BCUT2D eigenvalue weighted by Gasteiger charge is 2.35. The molecule has 3 N–H and O–H groups in total. The van der Waals surface area contributed by atoms with Crippen LogP contribution in [0.5, 0.6) is 0 Å². The van der Waals surface area contributed by atoms with Crippen LogP contribution in [0.2, 0.25) is 0 Å². The molecule has 20 heavy (non-hydrogen) atoms. The van der Waals surface area contributed by atoms with Crippen LogP contribution >= 0.6 is 0 Å². The zero-order valence-electron chi connectivity index (χ0n) is 11.2. The van der Waals surface area contributed by atoms with Gasteiger partial charge in [-0.15, -0.1) is 0 Å². The number of hydrogen-bond acceptors (Lipinski definition) is 6. The van der Waals surface area contributed by atoms with Crippen LogP contribution in [0.15, 0.2) is 6.20 Å². The summed E-state index contributed by atoms with van der Waals surface area (Å²) in [5.41, 5.74) is 6.04. The lowest BCUT2D eigenvalue weighted by molar-refractivity contribution is 0.0649. The second-order valence-electron chi connectivity index (χ2n) is 4.89. The molecule has 112 valence electrons. The maximum Gasteiger partial charge on any atom is 0.276 e. The molecule has 1 aliphatic rings. The molecule has 9 heteroatoms. The van der Waals surface area contributed by atoms with Crippen molar-refractivity contribution >= 4 is 21.4 Å². The van der Waals surface area contributed by atoms with Crippen molar-refractivity contribution in [3.8, 4) is 0 Å². The quantitative estimate of drug-likeness (QED) is 0.708. The van der Waals surface area contributed by atoms with E-state index >= 15 is 0 Å². The van der Waals surface area contributed by atoms with E-state index < -0.39 is 21.8 Å². The first-order chi connectivity index (χ1) is 9.34. The van der Waals surface area contributed by atoms with Crippen molar-refractivity contribution < 1.29 is 18.3 Å². The monoisotopic (exact) mass is 302 g/mol. The van der Waals surface area contributed by atoms with Gasteiger partial charge in [-0.1, -0.05) is 0 Å². The summed E-state index contributed by atoms with van der Waals surface area (Å²) >= 11 is 0. The number of hydrogen-bond donors (Lipinski definition) is 2. The molecule has 0 spiro atoms. The molecule has 1 atom stereocenters. The third-order valence-corrected chi connectivity index (χ3v) is 5.06. The highest BCUT2D eigenvalue weighted by molar-refractivity contribution is 7.91.